The van der Waals surface area contributed by atoms with Gasteiger partial charge in [0, 0.05) is 29.9 Å². The molecule has 0 saturated carbocycles. The molecule has 5 nitrogen and oxygen atoms in total. The lowest BCUT2D eigenvalue weighted by Crippen LogP contribution is -2.54. The smallest absolute Gasteiger partial charge is 0.265 e. The quantitative estimate of drug-likeness (QED) is 0.830. The third kappa shape index (κ3) is 2.79. The molecular formula is C13H19N3O2. The van der Waals surface area contributed by atoms with Gasteiger partial charge in [-0.1, -0.05) is 6.42 Å². The van der Waals surface area contributed by atoms with Gasteiger partial charge in [-0.2, -0.15) is 0 Å². The number of pyridine rings is 1. The topological polar surface area (TPSA) is 65.2 Å². The van der Waals surface area contributed by atoms with E-state index in [1.54, 1.807) is 6.07 Å². The van der Waals surface area contributed by atoms with E-state index in [1.165, 1.54) is 18.7 Å². The second kappa shape index (κ2) is 5.35. The van der Waals surface area contributed by atoms with Crippen molar-refractivity contribution in [1.29, 1.82) is 0 Å². The Balaban J connectivity index is 2.08. The van der Waals surface area contributed by atoms with Crippen LogP contribution in [-0.2, 0) is 0 Å². The number of carbonyl (C=O) groups excluding carboxylic acids is 1. The van der Waals surface area contributed by atoms with Crippen LogP contribution in [0.3, 0.4) is 0 Å². The van der Waals surface area contributed by atoms with Gasteiger partial charge in [-0.05, 0) is 32.8 Å². The van der Waals surface area contributed by atoms with E-state index < -0.39 is 0 Å². The second-order valence-electron chi connectivity index (χ2n) is 4.92. The Kier molecular flexibility index (Phi) is 3.81. The molecule has 18 heavy (non-hydrogen) atoms. The largest absolute Gasteiger partial charge is 0.329 e. The second-order valence-corrected chi connectivity index (χ2v) is 4.92. The van der Waals surface area contributed by atoms with Crippen molar-refractivity contribution >= 4 is 5.91 Å². The first kappa shape index (κ1) is 12.8. The highest BCUT2D eigenvalue weighted by Gasteiger charge is 2.26. The first-order valence-electron chi connectivity index (χ1n) is 6.36. The van der Waals surface area contributed by atoms with Gasteiger partial charge < -0.3 is 4.98 Å². The number of hydrogen-bond acceptors (Lipinski definition) is 3. The van der Waals surface area contributed by atoms with E-state index in [9.17, 15) is 9.59 Å². The van der Waals surface area contributed by atoms with E-state index >= 15 is 0 Å². The van der Waals surface area contributed by atoms with Crippen molar-refractivity contribution in [3.8, 4) is 0 Å². The van der Waals surface area contributed by atoms with Crippen LogP contribution in [0, 0.1) is 0 Å². The summed E-state index contributed by atoms with van der Waals surface area (Å²) in [6.07, 6.45) is 4.85. The van der Waals surface area contributed by atoms with Crippen LogP contribution in [0.25, 0.3) is 0 Å². The van der Waals surface area contributed by atoms with Gasteiger partial charge in [0.1, 0.15) is 0 Å². The van der Waals surface area contributed by atoms with Gasteiger partial charge in [-0.25, -0.2) is 5.01 Å². The van der Waals surface area contributed by atoms with Crippen LogP contribution in [0.2, 0.25) is 0 Å². The number of aromatic amines is 1. The van der Waals surface area contributed by atoms with Crippen LogP contribution >= 0.6 is 0 Å². The van der Waals surface area contributed by atoms with Crippen molar-refractivity contribution in [3.05, 3.63) is 34.2 Å². The number of hydrogen-bond donors (Lipinski definition) is 2. The number of piperidine rings is 1. The average molecular weight is 249 g/mol. The zero-order chi connectivity index (χ0) is 13.1. The molecule has 1 amide bonds. The van der Waals surface area contributed by atoms with Gasteiger partial charge in [0.25, 0.3) is 5.91 Å². The maximum atomic E-state index is 12.1. The molecule has 2 unspecified atom stereocenters. The number of rotatable bonds is 2. The van der Waals surface area contributed by atoms with Gasteiger partial charge in [0.2, 0.25) is 5.56 Å². The number of amides is 1. The lowest BCUT2D eigenvalue weighted by Gasteiger charge is -2.38. The fraction of sp³-hybridized carbons (Fsp3) is 0.538. The Morgan fingerprint density at radius 2 is 2.06 bits per heavy atom. The minimum Gasteiger partial charge on any atom is -0.329 e. The monoisotopic (exact) mass is 249 g/mol. The van der Waals surface area contributed by atoms with Crippen LogP contribution in [0.5, 0.6) is 0 Å². The highest BCUT2D eigenvalue weighted by molar-refractivity contribution is 5.93. The molecule has 2 heterocycles. The predicted molar refractivity (Wildman–Crippen MR) is 69.1 cm³/mol. The third-order valence-electron chi connectivity index (χ3n) is 3.46. The number of aromatic nitrogens is 1. The summed E-state index contributed by atoms with van der Waals surface area (Å²) in [5.41, 5.74) is 3.03. The van der Waals surface area contributed by atoms with Crippen molar-refractivity contribution < 1.29 is 4.79 Å². The van der Waals surface area contributed by atoms with Crippen molar-refractivity contribution in [2.24, 2.45) is 0 Å². The lowest BCUT2D eigenvalue weighted by atomic mass is 10.00. The van der Waals surface area contributed by atoms with Crippen LogP contribution in [0.4, 0.5) is 0 Å². The zero-order valence-corrected chi connectivity index (χ0v) is 10.8. The molecular weight excluding hydrogens is 230 g/mol. The fourth-order valence-corrected chi connectivity index (χ4v) is 2.41. The number of H-pyrrole nitrogens is 1. The van der Waals surface area contributed by atoms with Crippen molar-refractivity contribution in [1.82, 2.24) is 15.4 Å². The molecule has 2 N–H and O–H groups in total. The van der Waals surface area contributed by atoms with E-state index in [0.29, 0.717) is 17.6 Å². The third-order valence-corrected chi connectivity index (χ3v) is 3.46. The molecule has 1 aliphatic heterocycles. The molecule has 0 radical (unpaired) electrons. The van der Waals surface area contributed by atoms with Crippen LogP contribution in [-0.4, -0.2) is 28.0 Å². The van der Waals surface area contributed by atoms with Gasteiger partial charge in [-0.3, -0.25) is 15.0 Å². The van der Waals surface area contributed by atoms with Crippen molar-refractivity contribution in [2.75, 3.05) is 0 Å². The van der Waals surface area contributed by atoms with Crippen molar-refractivity contribution in [3.63, 3.8) is 0 Å². The molecule has 2 atom stereocenters. The van der Waals surface area contributed by atoms with E-state index in [2.05, 4.69) is 24.3 Å². The van der Waals surface area contributed by atoms with E-state index in [0.717, 1.165) is 12.8 Å². The molecule has 98 valence electrons. The summed E-state index contributed by atoms with van der Waals surface area (Å²) in [5, 5.41) is 1.99. The van der Waals surface area contributed by atoms with Gasteiger partial charge in [0.05, 0.1) is 0 Å². The van der Waals surface area contributed by atoms with Gasteiger partial charge in [-0.15, -0.1) is 0 Å². The summed E-state index contributed by atoms with van der Waals surface area (Å²) in [6.45, 7) is 4.21. The highest BCUT2D eigenvalue weighted by Crippen LogP contribution is 2.20. The fourth-order valence-electron chi connectivity index (χ4n) is 2.41. The van der Waals surface area contributed by atoms with Crippen LogP contribution in [0.15, 0.2) is 23.1 Å². The minimum absolute atomic E-state index is 0.221. The Hall–Kier alpha value is -1.62. The normalized spacial score (nSPS) is 24.8. The van der Waals surface area contributed by atoms with Gasteiger partial charge >= 0.3 is 0 Å². The molecule has 5 heteroatoms. The molecule has 1 aromatic rings. The van der Waals surface area contributed by atoms with E-state index in [-0.39, 0.29) is 11.5 Å². The standard InChI is InChI=1S/C13H19N3O2/c1-9-4-3-5-10(2)16(9)15-13(18)11-6-7-14-12(17)8-11/h6-10H,3-5H2,1-2H3,(H,14,17)(H,15,18). The van der Waals surface area contributed by atoms with Gasteiger partial charge in [0.15, 0.2) is 0 Å². The lowest BCUT2D eigenvalue weighted by molar-refractivity contribution is 0.0369. The molecule has 0 aliphatic carbocycles. The summed E-state index contributed by atoms with van der Waals surface area (Å²) < 4.78 is 0. The highest BCUT2D eigenvalue weighted by atomic mass is 16.2. The molecule has 0 bridgehead atoms. The first-order valence-corrected chi connectivity index (χ1v) is 6.36. The Morgan fingerprint density at radius 1 is 1.39 bits per heavy atom. The molecule has 1 aromatic heterocycles. The Morgan fingerprint density at radius 3 is 2.67 bits per heavy atom. The predicted octanol–water partition coefficient (Wildman–Crippen LogP) is 1.28. The molecule has 1 fully saturated rings. The number of nitrogens with one attached hydrogen (secondary N) is 2. The zero-order valence-electron chi connectivity index (χ0n) is 10.8. The first-order chi connectivity index (χ1) is 8.58. The molecule has 1 saturated heterocycles. The molecule has 0 spiro atoms. The Labute approximate surface area is 106 Å². The summed E-state index contributed by atoms with van der Waals surface area (Å²) in [7, 11) is 0. The van der Waals surface area contributed by atoms with Crippen molar-refractivity contribution in [2.45, 2.75) is 45.2 Å². The van der Waals surface area contributed by atoms with Crippen LogP contribution < -0.4 is 11.0 Å². The maximum absolute atomic E-state index is 12.1. The molecule has 2 rings (SSSR count). The Bertz CT molecular complexity index is 473. The minimum atomic E-state index is -0.262. The van der Waals surface area contributed by atoms with E-state index in [1.807, 2.05) is 5.01 Å². The summed E-state index contributed by atoms with van der Waals surface area (Å²) in [4.78, 5) is 25.7. The number of nitrogens with zero attached hydrogens (tertiary/aromatic N) is 1. The SMILES string of the molecule is CC1CCCC(C)N1NC(=O)c1cc[nH]c(=O)c1. The number of carbonyl (C=O) groups is 1. The average Bonchev–Trinajstić information content (AvgIpc) is 2.34. The summed E-state index contributed by atoms with van der Waals surface area (Å²) >= 11 is 0. The molecule has 0 aromatic carbocycles. The number of hydrazine groups is 1. The van der Waals surface area contributed by atoms with Crippen LogP contribution in [0.1, 0.15) is 43.5 Å². The molecule has 1 aliphatic rings. The maximum Gasteiger partial charge on any atom is 0.265 e. The van der Waals surface area contributed by atoms with E-state index in [4.69, 9.17) is 0 Å². The summed E-state index contributed by atoms with van der Waals surface area (Å²) in [6, 6.07) is 3.59. The summed E-state index contributed by atoms with van der Waals surface area (Å²) in [5.74, 6) is -0.221.